The molecule has 19 heavy (non-hydrogen) atoms. The van der Waals surface area contributed by atoms with Crippen LogP contribution in [0.25, 0.3) is 0 Å². The van der Waals surface area contributed by atoms with E-state index in [0.29, 0.717) is 0 Å². The van der Waals surface area contributed by atoms with Crippen LogP contribution in [0, 0.1) is 0 Å². The second-order valence-corrected chi connectivity index (χ2v) is 6.26. The topological polar surface area (TPSA) is 37.4 Å². The van der Waals surface area contributed by atoms with Crippen molar-refractivity contribution in [2.45, 2.75) is 31.9 Å². The van der Waals surface area contributed by atoms with Crippen LogP contribution in [-0.2, 0) is 11.3 Å². The summed E-state index contributed by atoms with van der Waals surface area (Å²) >= 11 is 3.49. The number of rotatable bonds is 4. The summed E-state index contributed by atoms with van der Waals surface area (Å²) in [5.41, 5.74) is 1.15. The van der Waals surface area contributed by atoms with Crippen LogP contribution in [0.4, 0.5) is 5.82 Å². The molecule has 1 fully saturated rings. The van der Waals surface area contributed by atoms with Crippen LogP contribution in [0.15, 0.2) is 16.7 Å². The van der Waals surface area contributed by atoms with Crippen molar-refractivity contribution in [1.82, 2.24) is 10.3 Å². The quantitative estimate of drug-likeness (QED) is 0.922. The second-order valence-electron chi connectivity index (χ2n) is 5.35. The number of nitrogens with zero attached hydrogens (tertiary/aromatic N) is 2. The third-order valence-corrected chi connectivity index (χ3v) is 4.16. The van der Waals surface area contributed by atoms with E-state index in [1.807, 2.05) is 13.2 Å². The molecule has 0 aromatic carbocycles. The molecule has 1 unspecified atom stereocenters. The molecule has 0 radical (unpaired) electrons. The number of methoxy groups -OCH3 is 1. The zero-order valence-corrected chi connectivity index (χ0v) is 13.5. The molecule has 0 saturated carbocycles. The lowest BCUT2D eigenvalue weighted by molar-refractivity contribution is -0.00484. The van der Waals surface area contributed by atoms with Gasteiger partial charge in [-0.15, -0.1) is 0 Å². The average Bonchev–Trinajstić information content (AvgIpc) is 2.39. The predicted molar refractivity (Wildman–Crippen MR) is 81.6 cm³/mol. The number of hydrogen-bond acceptors (Lipinski definition) is 4. The van der Waals surface area contributed by atoms with Crippen LogP contribution < -0.4 is 10.2 Å². The van der Waals surface area contributed by atoms with E-state index in [1.54, 1.807) is 7.11 Å². The number of piperidine rings is 1. The molecule has 1 atom stereocenters. The molecule has 1 saturated heterocycles. The minimum atomic E-state index is -0.0656. The Morgan fingerprint density at radius 1 is 1.58 bits per heavy atom. The monoisotopic (exact) mass is 327 g/mol. The van der Waals surface area contributed by atoms with Gasteiger partial charge in [-0.05, 0) is 48.8 Å². The van der Waals surface area contributed by atoms with Crippen LogP contribution in [0.5, 0.6) is 0 Å². The first-order valence-corrected chi connectivity index (χ1v) is 7.46. The molecular weight excluding hydrogens is 306 g/mol. The lowest BCUT2D eigenvalue weighted by atomic mass is 9.94. The van der Waals surface area contributed by atoms with E-state index in [2.05, 4.69) is 44.1 Å². The Morgan fingerprint density at radius 3 is 3.05 bits per heavy atom. The van der Waals surface area contributed by atoms with Crippen molar-refractivity contribution in [3.8, 4) is 0 Å². The van der Waals surface area contributed by atoms with Crippen LogP contribution in [0.3, 0.4) is 0 Å². The molecule has 4 nitrogen and oxygen atoms in total. The van der Waals surface area contributed by atoms with Gasteiger partial charge in [0.15, 0.2) is 0 Å². The van der Waals surface area contributed by atoms with E-state index in [0.717, 1.165) is 42.8 Å². The van der Waals surface area contributed by atoms with Crippen LogP contribution in [-0.4, -0.2) is 37.8 Å². The van der Waals surface area contributed by atoms with Gasteiger partial charge in [0.25, 0.3) is 0 Å². The van der Waals surface area contributed by atoms with Gasteiger partial charge in [0.1, 0.15) is 5.82 Å². The Hall–Kier alpha value is -0.650. The van der Waals surface area contributed by atoms with Crippen molar-refractivity contribution < 1.29 is 4.74 Å². The molecule has 2 rings (SSSR count). The van der Waals surface area contributed by atoms with Gasteiger partial charge in [-0.1, -0.05) is 0 Å². The Labute approximate surface area is 123 Å². The summed E-state index contributed by atoms with van der Waals surface area (Å²) in [7, 11) is 3.76. The highest BCUT2D eigenvalue weighted by Gasteiger charge is 2.32. The zero-order valence-electron chi connectivity index (χ0n) is 11.9. The molecule has 2 heterocycles. The maximum Gasteiger partial charge on any atom is 0.133 e. The smallest absolute Gasteiger partial charge is 0.133 e. The molecule has 1 aliphatic heterocycles. The Kier molecular flexibility index (Phi) is 4.81. The van der Waals surface area contributed by atoms with E-state index in [-0.39, 0.29) is 5.60 Å². The van der Waals surface area contributed by atoms with E-state index >= 15 is 0 Å². The Balaban J connectivity index is 2.25. The van der Waals surface area contributed by atoms with Crippen LogP contribution in [0.2, 0.25) is 0 Å². The molecule has 1 aromatic rings. The lowest BCUT2D eigenvalue weighted by Gasteiger charge is -2.40. The van der Waals surface area contributed by atoms with Gasteiger partial charge in [-0.2, -0.15) is 0 Å². The molecule has 106 valence electrons. The van der Waals surface area contributed by atoms with Crippen LogP contribution in [0.1, 0.15) is 25.3 Å². The van der Waals surface area contributed by atoms with Crippen LogP contribution >= 0.6 is 15.9 Å². The summed E-state index contributed by atoms with van der Waals surface area (Å²) in [6.07, 6.45) is 4.12. The number of halogens is 1. The van der Waals surface area contributed by atoms with Gasteiger partial charge in [0, 0.05) is 43.0 Å². The molecule has 1 aliphatic rings. The maximum absolute atomic E-state index is 5.66. The van der Waals surface area contributed by atoms with Crippen molar-refractivity contribution in [2.75, 3.05) is 32.1 Å². The van der Waals surface area contributed by atoms with Gasteiger partial charge in [0.2, 0.25) is 0 Å². The number of ether oxygens (including phenoxy) is 1. The highest BCUT2D eigenvalue weighted by molar-refractivity contribution is 9.10. The summed E-state index contributed by atoms with van der Waals surface area (Å²) in [5.74, 6) is 1.07. The maximum atomic E-state index is 5.66. The molecule has 0 amide bonds. The van der Waals surface area contributed by atoms with Crippen molar-refractivity contribution in [1.29, 1.82) is 0 Å². The van der Waals surface area contributed by atoms with Gasteiger partial charge in [-0.3, -0.25) is 0 Å². The number of hydrogen-bond donors (Lipinski definition) is 1. The van der Waals surface area contributed by atoms with Gasteiger partial charge in [-0.25, -0.2) is 4.98 Å². The van der Waals surface area contributed by atoms with E-state index in [4.69, 9.17) is 4.74 Å². The first-order chi connectivity index (χ1) is 9.08. The highest BCUT2D eigenvalue weighted by atomic mass is 79.9. The largest absolute Gasteiger partial charge is 0.377 e. The summed E-state index contributed by atoms with van der Waals surface area (Å²) < 4.78 is 6.68. The molecule has 5 heteroatoms. The van der Waals surface area contributed by atoms with Gasteiger partial charge in [0.05, 0.1) is 5.60 Å². The highest BCUT2D eigenvalue weighted by Crippen LogP contribution is 2.29. The van der Waals surface area contributed by atoms with E-state index in [1.165, 1.54) is 5.56 Å². The minimum absolute atomic E-state index is 0.0656. The fraction of sp³-hybridized carbons (Fsp3) is 0.643. The van der Waals surface area contributed by atoms with E-state index < -0.39 is 0 Å². The molecular formula is C14H22BrN3O. The standard InChI is InChI=1S/C14H22BrN3O/c1-14(19-3)5-4-6-18(10-14)13-11(8-16-2)7-12(15)9-17-13/h7,9,16H,4-6,8,10H2,1-3H3. The molecule has 1 aromatic heterocycles. The Morgan fingerprint density at radius 2 is 2.37 bits per heavy atom. The third kappa shape index (κ3) is 3.46. The predicted octanol–water partition coefficient (Wildman–Crippen LogP) is 2.57. The third-order valence-electron chi connectivity index (χ3n) is 3.73. The first-order valence-electron chi connectivity index (χ1n) is 6.67. The fourth-order valence-electron chi connectivity index (χ4n) is 2.63. The second kappa shape index (κ2) is 6.20. The lowest BCUT2D eigenvalue weighted by Crippen LogP contribution is -2.48. The number of aromatic nitrogens is 1. The van der Waals surface area contributed by atoms with Gasteiger partial charge >= 0.3 is 0 Å². The SMILES string of the molecule is CNCc1cc(Br)cnc1N1CCCC(C)(OC)C1. The van der Waals surface area contributed by atoms with Crippen molar-refractivity contribution >= 4 is 21.7 Å². The van der Waals surface area contributed by atoms with Crippen molar-refractivity contribution in [3.05, 3.63) is 22.3 Å². The summed E-state index contributed by atoms with van der Waals surface area (Å²) in [6.45, 7) is 4.94. The van der Waals surface area contributed by atoms with E-state index in [9.17, 15) is 0 Å². The Bertz CT molecular complexity index is 441. The number of nitrogens with one attached hydrogen (secondary N) is 1. The summed E-state index contributed by atoms with van der Waals surface area (Å²) in [5, 5.41) is 3.21. The molecule has 0 aliphatic carbocycles. The first kappa shape index (κ1) is 14.8. The molecule has 0 spiro atoms. The molecule has 1 N–H and O–H groups in total. The normalized spacial score (nSPS) is 23.7. The number of pyridine rings is 1. The zero-order chi connectivity index (χ0) is 13.9. The van der Waals surface area contributed by atoms with Crippen molar-refractivity contribution in [3.63, 3.8) is 0 Å². The van der Waals surface area contributed by atoms with Gasteiger partial charge < -0.3 is 15.0 Å². The summed E-state index contributed by atoms with van der Waals surface area (Å²) in [4.78, 5) is 6.94. The number of anilines is 1. The summed E-state index contributed by atoms with van der Waals surface area (Å²) in [6, 6.07) is 2.14. The van der Waals surface area contributed by atoms with Crippen molar-refractivity contribution in [2.24, 2.45) is 0 Å². The average molecular weight is 328 g/mol. The fourth-order valence-corrected chi connectivity index (χ4v) is 3.01. The molecule has 0 bridgehead atoms. The minimum Gasteiger partial charge on any atom is -0.377 e.